The summed E-state index contributed by atoms with van der Waals surface area (Å²) in [7, 11) is 1.63. The van der Waals surface area contributed by atoms with E-state index >= 15 is 0 Å². The van der Waals surface area contributed by atoms with Crippen molar-refractivity contribution in [1.29, 1.82) is 0 Å². The summed E-state index contributed by atoms with van der Waals surface area (Å²) < 4.78 is 3.31. The van der Waals surface area contributed by atoms with Gasteiger partial charge in [-0.05, 0) is 25.8 Å². The molecule has 142 valence electrons. The first-order chi connectivity index (χ1) is 13.0. The first-order valence-corrected chi connectivity index (χ1v) is 9.90. The molecule has 9 nitrogen and oxygen atoms in total. The van der Waals surface area contributed by atoms with E-state index in [2.05, 4.69) is 24.8 Å². The van der Waals surface area contributed by atoms with Crippen molar-refractivity contribution in [2.24, 2.45) is 7.05 Å². The molecular weight excluding hydrogens is 366 g/mol. The van der Waals surface area contributed by atoms with Crippen molar-refractivity contribution in [1.82, 2.24) is 29.1 Å². The molecule has 4 heterocycles. The van der Waals surface area contributed by atoms with Gasteiger partial charge in [0, 0.05) is 44.3 Å². The zero-order valence-electron chi connectivity index (χ0n) is 15.3. The number of hydrogen-bond donors (Lipinski definition) is 1. The number of imidazole rings is 1. The molecule has 3 aromatic heterocycles. The van der Waals surface area contributed by atoms with Crippen molar-refractivity contribution >= 4 is 28.9 Å². The molecule has 0 bridgehead atoms. The summed E-state index contributed by atoms with van der Waals surface area (Å²) in [5.41, 5.74) is 0.924. The third kappa shape index (κ3) is 3.36. The molecule has 0 aliphatic carbocycles. The molecule has 1 aliphatic rings. The third-order valence-corrected chi connectivity index (χ3v) is 5.54. The van der Waals surface area contributed by atoms with Crippen LogP contribution in [0.15, 0.2) is 27.0 Å². The van der Waals surface area contributed by atoms with Crippen LogP contribution in [0.1, 0.15) is 18.5 Å². The molecule has 1 saturated heterocycles. The van der Waals surface area contributed by atoms with Crippen LogP contribution in [0.25, 0.3) is 11.2 Å². The molecule has 1 N–H and O–H groups in total. The predicted octanol–water partition coefficient (Wildman–Crippen LogP) is 0.914. The van der Waals surface area contributed by atoms with Gasteiger partial charge in [-0.25, -0.2) is 14.8 Å². The summed E-state index contributed by atoms with van der Waals surface area (Å²) in [6, 6.07) is 1.86. The van der Waals surface area contributed by atoms with Crippen molar-refractivity contribution in [3.8, 4) is 0 Å². The van der Waals surface area contributed by atoms with Gasteiger partial charge in [0.2, 0.25) is 5.95 Å². The Kier molecular flexibility index (Phi) is 4.73. The van der Waals surface area contributed by atoms with Gasteiger partial charge >= 0.3 is 5.69 Å². The monoisotopic (exact) mass is 387 g/mol. The maximum absolute atomic E-state index is 12.5. The quantitative estimate of drug-likeness (QED) is 0.513. The molecule has 1 fully saturated rings. The van der Waals surface area contributed by atoms with E-state index in [1.54, 1.807) is 13.2 Å². The van der Waals surface area contributed by atoms with Gasteiger partial charge in [-0.1, -0.05) is 11.8 Å². The molecule has 10 heteroatoms. The SMILES string of the molecule is Cc1ccnc(SCCn2c(N3CCCC3)nc3c2c(=O)[nH]c(=O)n3C)n1. The summed E-state index contributed by atoms with van der Waals surface area (Å²) >= 11 is 1.54. The highest BCUT2D eigenvalue weighted by Crippen LogP contribution is 2.24. The average molecular weight is 387 g/mol. The number of rotatable bonds is 5. The van der Waals surface area contributed by atoms with E-state index in [1.807, 2.05) is 17.6 Å². The summed E-state index contributed by atoms with van der Waals surface area (Å²) in [5, 5.41) is 0.712. The van der Waals surface area contributed by atoms with Crippen LogP contribution in [0.5, 0.6) is 0 Å². The number of aromatic amines is 1. The van der Waals surface area contributed by atoms with Crippen LogP contribution < -0.4 is 16.1 Å². The van der Waals surface area contributed by atoms with Crippen molar-refractivity contribution < 1.29 is 0 Å². The molecule has 3 aromatic rings. The maximum atomic E-state index is 12.5. The predicted molar refractivity (Wildman–Crippen MR) is 105 cm³/mol. The Morgan fingerprint density at radius 2 is 2.00 bits per heavy atom. The second kappa shape index (κ2) is 7.18. The molecule has 0 amide bonds. The van der Waals surface area contributed by atoms with Gasteiger partial charge < -0.3 is 9.47 Å². The molecule has 27 heavy (non-hydrogen) atoms. The number of aromatic nitrogens is 6. The zero-order chi connectivity index (χ0) is 19.0. The lowest BCUT2D eigenvalue weighted by atomic mass is 10.4. The largest absolute Gasteiger partial charge is 0.342 e. The number of aryl methyl sites for hydroxylation is 3. The Hall–Kier alpha value is -2.62. The Morgan fingerprint density at radius 1 is 1.22 bits per heavy atom. The fourth-order valence-corrected chi connectivity index (χ4v) is 4.12. The van der Waals surface area contributed by atoms with Gasteiger partial charge in [-0.3, -0.25) is 14.3 Å². The maximum Gasteiger partial charge on any atom is 0.329 e. The molecule has 0 spiro atoms. The fourth-order valence-electron chi connectivity index (χ4n) is 3.32. The summed E-state index contributed by atoms with van der Waals surface area (Å²) in [6.07, 6.45) is 3.95. The minimum Gasteiger partial charge on any atom is -0.342 e. The molecule has 0 radical (unpaired) electrons. The number of H-pyrrole nitrogens is 1. The molecule has 1 aliphatic heterocycles. The number of nitrogens with one attached hydrogen (secondary N) is 1. The number of anilines is 1. The van der Waals surface area contributed by atoms with E-state index in [0.29, 0.717) is 28.6 Å². The molecule has 0 atom stereocenters. The van der Waals surface area contributed by atoms with Crippen LogP contribution in [-0.2, 0) is 13.6 Å². The smallest absolute Gasteiger partial charge is 0.329 e. The highest BCUT2D eigenvalue weighted by Gasteiger charge is 2.23. The van der Waals surface area contributed by atoms with E-state index in [4.69, 9.17) is 0 Å². The second-order valence-corrected chi connectivity index (χ2v) is 7.64. The first-order valence-electron chi connectivity index (χ1n) is 8.91. The lowest BCUT2D eigenvalue weighted by molar-refractivity contribution is 0.751. The van der Waals surface area contributed by atoms with Crippen LogP contribution in [0.2, 0.25) is 0 Å². The van der Waals surface area contributed by atoms with E-state index in [-0.39, 0.29) is 0 Å². The minimum absolute atomic E-state index is 0.400. The standard InChI is InChI=1S/C17H21N7O2S/c1-11-5-6-18-15(19-11)27-10-9-24-12-13(22(2)17(26)21-14(12)25)20-16(24)23-7-3-4-8-23/h5-6H,3-4,7-10H2,1-2H3,(H,21,25,26). The zero-order valence-corrected chi connectivity index (χ0v) is 16.1. The van der Waals surface area contributed by atoms with Gasteiger partial charge in [0.1, 0.15) is 0 Å². The topological polar surface area (TPSA) is 102 Å². The highest BCUT2D eigenvalue weighted by molar-refractivity contribution is 7.99. The average Bonchev–Trinajstić information content (AvgIpc) is 3.28. The summed E-state index contributed by atoms with van der Waals surface area (Å²) in [4.78, 5) is 42.3. The Labute approximate surface area is 159 Å². The van der Waals surface area contributed by atoms with E-state index in [1.165, 1.54) is 16.3 Å². The minimum atomic E-state index is -0.451. The summed E-state index contributed by atoms with van der Waals surface area (Å²) in [6.45, 7) is 4.32. The van der Waals surface area contributed by atoms with Gasteiger partial charge in [-0.2, -0.15) is 4.98 Å². The van der Waals surface area contributed by atoms with Crippen molar-refractivity contribution in [2.75, 3.05) is 23.7 Å². The normalized spacial score (nSPS) is 14.4. The molecule has 0 aromatic carbocycles. The van der Waals surface area contributed by atoms with Crippen LogP contribution in [0.4, 0.5) is 5.95 Å². The molecular formula is C17H21N7O2S. The van der Waals surface area contributed by atoms with Crippen LogP contribution in [0.3, 0.4) is 0 Å². The van der Waals surface area contributed by atoms with Crippen molar-refractivity contribution in [3.63, 3.8) is 0 Å². The molecule has 0 saturated carbocycles. The van der Waals surface area contributed by atoms with Gasteiger partial charge in [0.15, 0.2) is 16.3 Å². The Bertz CT molecular complexity index is 1090. The first kappa shape index (κ1) is 17.8. The van der Waals surface area contributed by atoms with Crippen LogP contribution in [0, 0.1) is 6.92 Å². The van der Waals surface area contributed by atoms with Gasteiger partial charge in [-0.15, -0.1) is 0 Å². The molecule has 0 unspecified atom stereocenters. The van der Waals surface area contributed by atoms with E-state index in [9.17, 15) is 9.59 Å². The van der Waals surface area contributed by atoms with Gasteiger partial charge in [0.05, 0.1) is 0 Å². The lowest BCUT2D eigenvalue weighted by Crippen LogP contribution is -2.29. The van der Waals surface area contributed by atoms with Gasteiger partial charge in [0.25, 0.3) is 5.56 Å². The summed E-state index contributed by atoms with van der Waals surface area (Å²) in [5.74, 6) is 1.44. The lowest BCUT2D eigenvalue weighted by Gasteiger charge is -2.18. The Balaban J connectivity index is 1.71. The van der Waals surface area contributed by atoms with Crippen LogP contribution >= 0.6 is 11.8 Å². The fraction of sp³-hybridized carbons (Fsp3) is 0.471. The van der Waals surface area contributed by atoms with Crippen molar-refractivity contribution in [3.05, 3.63) is 38.8 Å². The second-order valence-electron chi connectivity index (χ2n) is 6.58. The number of hydrogen-bond acceptors (Lipinski definition) is 7. The number of nitrogens with zero attached hydrogens (tertiary/aromatic N) is 6. The van der Waals surface area contributed by atoms with E-state index < -0.39 is 11.2 Å². The third-order valence-electron chi connectivity index (χ3n) is 4.69. The number of fused-ring (bicyclic) bond motifs is 1. The van der Waals surface area contributed by atoms with Crippen molar-refractivity contribution in [2.45, 2.75) is 31.5 Å². The number of thioether (sulfide) groups is 1. The Morgan fingerprint density at radius 3 is 2.74 bits per heavy atom. The highest BCUT2D eigenvalue weighted by atomic mass is 32.2. The molecule has 4 rings (SSSR count). The van der Waals surface area contributed by atoms with Crippen LogP contribution in [-0.4, -0.2) is 47.9 Å². The van der Waals surface area contributed by atoms with E-state index in [0.717, 1.165) is 37.6 Å².